The highest BCUT2D eigenvalue weighted by atomic mass is 35.5. The Morgan fingerprint density at radius 2 is 1.71 bits per heavy atom. The van der Waals surface area contributed by atoms with Crippen LogP contribution in [-0.4, -0.2) is 42.2 Å². The van der Waals surface area contributed by atoms with E-state index in [9.17, 15) is 4.79 Å². The monoisotopic (exact) mass is 401 g/mol. The molecule has 3 rings (SSSR count). The lowest BCUT2D eigenvalue weighted by atomic mass is 9.97. The topological polar surface area (TPSA) is 38.8 Å². The van der Waals surface area contributed by atoms with Crippen molar-refractivity contribution in [1.29, 1.82) is 0 Å². The Balaban J connectivity index is 1.69. The SMILES string of the molecule is CC1CCCC(C)N1CC(COc1ccccc1)OC(=O)c1ccc(Cl)cc1. The Bertz CT molecular complexity index is 740. The minimum absolute atomic E-state index is 0.319. The minimum Gasteiger partial charge on any atom is -0.490 e. The fourth-order valence-electron chi connectivity index (χ4n) is 3.71. The van der Waals surface area contributed by atoms with Crippen molar-refractivity contribution in [3.05, 3.63) is 65.2 Å². The molecule has 1 saturated heterocycles. The van der Waals surface area contributed by atoms with Gasteiger partial charge in [-0.15, -0.1) is 0 Å². The number of para-hydroxylation sites is 1. The molecule has 2 aromatic rings. The van der Waals surface area contributed by atoms with Crippen molar-refractivity contribution in [1.82, 2.24) is 4.90 Å². The summed E-state index contributed by atoms with van der Waals surface area (Å²) in [7, 11) is 0. The molecule has 3 unspecified atom stereocenters. The van der Waals surface area contributed by atoms with Gasteiger partial charge in [-0.3, -0.25) is 4.90 Å². The summed E-state index contributed by atoms with van der Waals surface area (Å²) in [5, 5.41) is 0.594. The first-order chi connectivity index (χ1) is 13.5. The average molecular weight is 402 g/mol. The second-order valence-corrected chi connectivity index (χ2v) is 7.92. The number of carbonyl (C=O) groups excluding carboxylic acids is 1. The molecule has 0 aliphatic carbocycles. The van der Waals surface area contributed by atoms with Crippen molar-refractivity contribution in [2.75, 3.05) is 13.2 Å². The molecule has 1 aliphatic rings. The first-order valence-electron chi connectivity index (χ1n) is 9.93. The van der Waals surface area contributed by atoms with Crippen LogP contribution < -0.4 is 4.74 Å². The predicted molar refractivity (Wildman–Crippen MR) is 112 cm³/mol. The van der Waals surface area contributed by atoms with Crippen LogP contribution in [0.15, 0.2) is 54.6 Å². The number of halogens is 1. The Hall–Kier alpha value is -2.04. The number of piperidine rings is 1. The van der Waals surface area contributed by atoms with Crippen molar-refractivity contribution in [2.24, 2.45) is 0 Å². The number of benzene rings is 2. The van der Waals surface area contributed by atoms with Gasteiger partial charge in [0.25, 0.3) is 0 Å². The highest BCUT2D eigenvalue weighted by Crippen LogP contribution is 2.23. The molecule has 28 heavy (non-hydrogen) atoms. The molecule has 0 radical (unpaired) electrons. The smallest absolute Gasteiger partial charge is 0.338 e. The van der Waals surface area contributed by atoms with Crippen LogP contribution in [0.2, 0.25) is 5.02 Å². The lowest BCUT2D eigenvalue weighted by molar-refractivity contribution is -0.0118. The standard InChI is InChI=1S/C23H28ClNO3/c1-17-7-6-8-18(2)25(17)15-22(16-27-21-9-4-3-5-10-21)28-23(26)19-11-13-20(24)14-12-19/h3-5,9-14,17-18,22H,6-8,15-16H2,1-2H3. The maximum Gasteiger partial charge on any atom is 0.338 e. The highest BCUT2D eigenvalue weighted by Gasteiger charge is 2.29. The minimum atomic E-state index is -0.355. The van der Waals surface area contributed by atoms with E-state index in [0.717, 1.165) is 5.75 Å². The van der Waals surface area contributed by atoms with Gasteiger partial charge in [-0.25, -0.2) is 4.79 Å². The maximum absolute atomic E-state index is 12.6. The quantitative estimate of drug-likeness (QED) is 0.597. The van der Waals surface area contributed by atoms with Gasteiger partial charge in [0.15, 0.2) is 0 Å². The van der Waals surface area contributed by atoms with Crippen LogP contribution in [0.4, 0.5) is 0 Å². The van der Waals surface area contributed by atoms with Crippen LogP contribution in [0.1, 0.15) is 43.5 Å². The van der Waals surface area contributed by atoms with E-state index in [4.69, 9.17) is 21.1 Å². The molecule has 3 atom stereocenters. The normalized spacial score (nSPS) is 21.1. The van der Waals surface area contributed by atoms with Crippen LogP contribution >= 0.6 is 11.6 Å². The van der Waals surface area contributed by atoms with Crippen LogP contribution in [0.3, 0.4) is 0 Å². The van der Waals surface area contributed by atoms with E-state index in [-0.39, 0.29) is 12.1 Å². The zero-order chi connectivity index (χ0) is 19.9. The number of hydrogen-bond donors (Lipinski definition) is 0. The summed E-state index contributed by atoms with van der Waals surface area (Å²) in [5.74, 6) is 0.422. The lowest BCUT2D eigenvalue weighted by Crippen LogP contribution is -2.49. The van der Waals surface area contributed by atoms with Gasteiger partial charge in [0.05, 0.1) is 5.56 Å². The molecule has 1 fully saturated rings. The number of hydrogen-bond acceptors (Lipinski definition) is 4. The van der Waals surface area contributed by atoms with Gasteiger partial charge in [0.1, 0.15) is 18.5 Å². The zero-order valence-corrected chi connectivity index (χ0v) is 17.3. The molecule has 0 bridgehead atoms. The van der Waals surface area contributed by atoms with E-state index >= 15 is 0 Å². The Labute approximate surface area is 172 Å². The summed E-state index contributed by atoms with van der Waals surface area (Å²) < 4.78 is 11.8. The number of rotatable bonds is 7. The van der Waals surface area contributed by atoms with Gasteiger partial charge in [-0.05, 0) is 63.1 Å². The van der Waals surface area contributed by atoms with Crippen molar-refractivity contribution in [3.63, 3.8) is 0 Å². The predicted octanol–water partition coefficient (Wildman–Crippen LogP) is 5.21. The van der Waals surface area contributed by atoms with Crippen LogP contribution in [0.5, 0.6) is 5.75 Å². The first kappa shape index (κ1) is 20.7. The van der Waals surface area contributed by atoms with Crippen LogP contribution in [-0.2, 0) is 4.74 Å². The number of esters is 1. The highest BCUT2D eigenvalue weighted by molar-refractivity contribution is 6.30. The van der Waals surface area contributed by atoms with E-state index in [1.54, 1.807) is 24.3 Å². The Morgan fingerprint density at radius 3 is 2.36 bits per heavy atom. The molecule has 5 heteroatoms. The third kappa shape index (κ3) is 5.73. The van der Waals surface area contributed by atoms with Gasteiger partial charge in [-0.2, -0.15) is 0 Å². The summed E-state index contributed by atoms with van der Waals surface area (Å²) in [6, 6.07) is 17.3. The molecular formula is C23H28ClNO3. The van der Waals surface area contributed by atoms with Crippen LogP contribution in [0.25, 0.3) is 0 Å². The molecule has 0 spiro atoms. The van der Waals surface area contributed by atoms with E-state index in [1.165, 1.54) is 19.3 Å². The van der Waals surface area contributed by atoms with Crippen molar-refractivity contribution in [3.8, 4) is 5.75 Å². The first-order valence-corrected chi connectivity index (χ1v) is 10.3. The molecule has 1 aliphatic heterocycles. The summed E-state index contributed by atoms with van der Waals surface area (Å²) in [4.78, 5) is 15.1. The molecule has 4 nitrogen and oxygen atoms in total. The average Bonchev–Trinajstić information content (AvgIpc) is 2.70. The Kier molecular flexibility index (Phi) is 7.35. The molecular weight excluding hydrogens is 374 g/mol. The van der Waals surface area contributed by atoms with Crippen molar-refractivity contribution >= 4 is 17.6 Å². The third-order valence-corrected chi connectivity index (χ3v) is 5.58. The van der Waals surface area contributed by atoms with Gasteiger partial charge in [-0.1, -0.05) is 36.2 Å². The van der Waals surface area contributed by atoms with E-state index in [0.29, 0.717) is 35.8 Å². The van der Waals surface area contributed by atoms with Crippen LogP contribution in [0, 0.1) is 0 Å². The summed E-state index contributed by atoms with van der Waals surface area (Å²) >= 11 is 5.92. The van der Waals surface area contributed by atoms with E-state index in [1.807, 2.05) is 30.3 Å². The van der Waals surface area contributed by atoms with E-state index < -0.39 is 0 Å². The molecule has 0 N–H and O–H groups in total. The summed E-state index contributed by atoms with van der Waals surface area (Å²) in [6.45, 7) is 5.46. The molecule has 150 valence electrons. The third-order valence-electron chi connectivity index (χ3n) is 5.32. The zero-order valence-electron chi connectivity index (χ0n) is 16.5. The fourth-order valence-corrected chi connectivity index (χ4v) is 3.83. The summed E-state index contributed by atoms with van der Waals surface area (Å²) in [5.41, 5.74) is 0.494. The van der Waals surface area contributed by atoms with Crippen molar-refractivity contribution < 1.29 is 14.3 Å². The van der Waals surface area contributed by atoms with E-state index in [2.05, 4.69) is 18.7 Å². The van der Waals surface area contributed by atoms with Gasteiger partial charge < -0.3 is 9.47 Å². The van der Waals surface area contributed by atoms with Crippen molar-refractivity contribution in [2.45, 2.75) is 51.3 Å². The second kappa shape index (κ2) is 9.94. The maximum atomic E-state index is 12.6. The largest absolute Gasteiger partial charge is 0.490 e. The summed E-state index contributed by atoms with van der Waals surface area (Å²) in [6.07, 6.45) is 3.23. The second-order valence-electron chi connectivity index (χ2n) is 7.48. The van der Waals surface area contributed by atoms with Gasteiger partial charge in [0, 0.05) is 23.7 Å². The molecule has 1 heterocycles. The van der Waals surface area contributed by atoms with Gasteiger partial charge >= 0.3 is 5.97 Å². The molecule has 2 aromatic carbocycles. The number of ether oxygens (including phenoxy) is 2. The number of likely N-dealkylation sites (tertiary alicyclic amines) is 1. The Morgan fingerprint density at radius 1 is 1.07 bits per heavy atom. The molecule has 0 amide bonds. The molecule has 0 aromatic heterocycles. The fraction of sp³-hybridized carbons (Fsp3) is 0.435. The number of nitrogens with zero attached hydrogens (tertiary/aromatic N) is 1. The van der Waals surface area contributed by atoms with Gasteiger partial charge in [0.2, 0.25) is 0 Å². The number of carbonyl (C=O) groups is 1. The molecule has 0 saturated carbocycles. The lowest BCUT2D eigenvalue weighted by Gasteiger charge is -2.40.